The van der Waals surface area contributed by atoms with E-state index in [2.05, 4.69) is 6.92 Å². The average molecular weight is 170 g/mol. The van der Waals surface area contributed by atoms with Crippen LogP contribution in [0.1, 0.15) is 32.6 Å². The summed E-state index contributed by atoms with van der Waals surface area (Å²) in [4.78, 5) is 10.8. The number of rotatable bonds is 4. The topological polar surface area (TPSA) is 17.1 Å². The molecule has 1 aliphatic heterocycles. The number of thioether (sulfide) groups is 1. The summed E-state index contributed by atoms with van der Waals surface area (Å²) < 4.78 is 0. The molecule has 0 aromatic heterocycles. The number of carbonyl (C=O) groups excluding carboxylic acids is 1. The summed E-state index contributed by atoms with van der Waals surface area (Å²) in [6, 6.07) is 0. The maximum absolute atomic E-state index is 10.8. The summed E-state index contributed by atoms with van der Waals surface area (Å²) in [6.07, 6.45) is 8.70. The van der Waals surface area contributed by atoms with E-state index < -0.39 is 0 Å². The van der Waals surface area contributed by atoms with E-state index in [-0.39, 0.29) is 5.12 Å². The molecule has 1 heterocycles. The normalized spacial score (nSPS) is 23.0. The molecule has 0 aromatic rings. The van der Waals surface area contributed by atoms with Gasteiger partial charge in [-0.25, -0.2) is 0 Å². The van der Waals surface area contributed by atoms with Gasteiger partial charge in [-0.05, 0) is 12.5 Å². The van der Waals surface area contributed by atoms with E-state index >= 15 is 0 Å². The van der Waals surface area contributed by atoms with Gasteiger partial charge in [-0.15, -0.1) is 0 Å². The van der Waals surface area contributed by atoms with Crippen molar-refractivity contribution in [2.45, 2.75) is 37.9 Å². The van der Waals surface area contributed by atoms with Crippen molar-refractivity contribution < 1.29 is 4.79 Å². The monoisotopic (exact) mass is 170 g/mol. The van der Waals surface area contributed by atoms with Crippen LogP contribution in [0.15, 0.2) is 12.2 Å². The van der Waals surface area contributed by atoms with Crippen LogP contribution in [0.25, 0.3) is 0 Å². The highest BCUT2D eigenvalue weighted by molar-refractivity contribution is 8.15. The van der Waals surface area contributed by atoms with Gasteiger partial charge in [-0.2, -0.15) is 0 Å². The van der Waals surface area contributed by atoms with Crippen molar-refractivity contribution >= 4 is 16.9 Å². The number of carbonyl (C=O) groups is 1. The summed E-state index contributed by atoms with van der Waals surface area (Å²) >= 11 is 1.47. The molecule has 1 aliphatic rings. The zero-order valence-corrected chi connectivity index (χ0v) is 7.69. The minimum atomic E-state index is 0.228. The van der Waals surface area contributed by atoms with Crippen LogP contribution < -0.4 is 0 Å². The first-order chi connectivity index (χ1) is 5.33. The molecular weight excluding hydrogens is 156 g/mol. The predicted octanol–water partition coefficient (Wildman–Crippen LogP) is 2.76. The van der Waals surface area contributed by atoms with Crippen LogP contribution in [0.2, 0.25) is 0 Å². The second-order valence-corrected chi connectivity index (χ2v) is 4.07. The molecule has 0 amide bonds. The Labute approximate surface area is 72.2 Å². The molecule has 1 nitrogen and oxygen atoms in total. The van der Waals surface area contributed by atoms with Gasteiger partial charge in [-0.1, -0.05) is 44.0 Å². The molecule has 1 atom stereocenters. The lowest BCUT2D eigenvalue weighted by Crippen LogP contribution is -1.94. The third kappa shape index (κ3) is 3.10. The van der Waals surface area contributed by atoms with Gasteiger partial charge >= 0.3 is 0 Å². The summed E-state index contributed by atoms with van der Waals surface area (Å²) in [5, 5.41) is 0.709. The molecule has 0 aliphatic carbocycles. The summed E-state index contributed by atoms with van der Waals surface area (Å²) in [7, 11) is 0. The van der Waals surface area contributed by atoms with Crippen LogP contribution in [0.5, 0.6) is 0 Å². The molecule has 1 unspecified atom stereocenters. The fourth-order valence-corrected chi connectivity index (χ4v) is 2.06. The Hall–Kier alpha value is -0.240. The molecule has 0 saturated carbocycles. The van der Waals surface area contributed by atoms with E-state index in [0.29, 0.717) is 5.25 Å². The molecule has 0 fully saturated rings. The molecule has 0 N–H and O–H groups in total. The van der Waals surface area contributed by atoms with Crippen molar-refractivity contribution in [1.29, 1.82) is 0 Å². The Morgan fingerprint density at radius 2 is 2.36 bits per heavy atom. The average Bonchev–Trinajstić information content (AvgIpc) is 2.37. The Balaban J connectivity index is 2.09. The number of hydrogen-bond donors (Lipinski definition) is 0. The molecule has 0 aromatic carbocycles. The molecule has 0 spiro atoms. The summed E-state index contributed by atoms with van der Waals surface area (Å²) in [6.45, 7) is 2.20. The van der Waals surface area contributed by atoms with Gasteiger partial charge in [0, 0.05) is 5.25 Å². The molecule has 0 radical (unpaired) electrons. The second-order valence-electron chi connectivity index (χ2n) is 2.83. The van der Waals surface area contributed by atoms with E-state index in [0.717, 1.165) is 0 Å². The van der Waals surface area contributed by atoms with Gasteiger partial charge in [-0.3, -0.25) is 4.79 Å². The van der Waals surface area contributed by atoms with Gasteiger partial charge in [0.1, 0.15) is 0 Å². The predicted molar refractivity (Wildman–Crippen MR) is 49.7 cm³/mol. The second kappa shape index (κ2) is 4.60. The molecule has 2 heteroatoms. The van der Waals surface area contributed by atoms with Crippen molar-refractivity contribution in [3.05, 3.63) is 12.2 Å². The number of unbranched alkanes of at least 4 members (excludes halogenated alkanes) is 2. The minimum Gasteiger partial charge on any atom is -0.282 e. The lowest BCUT2D eigenvalue weighted by Gasteiger charge is -2.03. The van der Waals surface area contributed by atoms with Gasteiger partial charge < -0.3 is 0 Å². The van der Waals surface area contributed by atoms with Crippen molar-refractivity contribution in [2.24, 2.45) is 0 Å². The zero-order chi connectivity index (χ0) is 8.10. The van der Waals surface area contributed by atoms with Crippen LogP contribution in [0.3, 0.4) is 0 Å². The Morgan fingerprint density at radius 1 is 1.55 bits per heavy atom. The molecule has 1 rings (SSSR count). The maximum Gasteiger partial charge on any atom is 0.212 e. The van der Waals surface area contributed by atoms with Crippen molar-refractivity contribution in [2.75, 3.05) is 0 Å². The standard InChI is InChI=1S/C9H14OS/c1-2-3-4-5-8-6-7-9(10)11-8/h6-8H,2-5H2,1H3. The number of hydrogen-bond acceptors (Lipinski definition) is 2. The van der Waals surface area contributed by atoms with Crippen molar-refractivity contribution in [3.8, 4) is 0 Å². The third-order valence-corrected chi connectivity index (χ3v) is 2.87. The lowest BCUT2D eigenvalue weighted by atomic mass is 10.1. The highest BCUT2D eigenvalue weighted by atomic mass is 32.2. The Morgan fingerprint density at radius 3 is 2.91 bits per heavy atom. The van der Waals surface area contributed by atoms with Crippen LogP contribution in [-0.2, 0) is 4.79 Å². The van der Waals surface area contributed by atoms with E-state index in [1.807, 2.05) is 6.08 Å². The van der Waals surface area contributed by atoms with Crippen LogP contribution in [0.4, 0.5) is 0 Å². The van der Waals surface area contributed by atoms with Crippen LogP contribution in [-0.4, -0.2) is 10.4 Å². The fourth-order valence-electron chi connectivity index (χ4n) is 1.16. The minimum absolute atomic E-state index is 0.228. The quantitative estimate of drug-likeness (QED) is 0.603. The van der Waals surface area contributed by atoms with E-state index in [1.54, 1.807) is 6.08 Å². The highest BCUT2D eigenvalue weighted by Gasteiger charge is 2.15. The van der Waals surface area contributed by atoms with Gasteiger partial charge in [0.15, 0.2) is 0 Å². The first-order valence-corrected chi connectivity index (χ1v) is 5.09. The molecule has 11 heavy (non-hydrogen) atoms. The molecular formula is C9H14OS. The molecule has 62 valence electrons. The smallest absolute Gasteiger partial charge is 0.212 e. The molecule has 0 bridgehead atoms. The van der Waals surface area contributed by atoms with Crippen molar-refractivity contribution in [3.63, 3.8) is 0 Å². The van der Waals surface area contributed by atoms with Crippen LogP contribution in [0, 0.1) is 0 Å². The van der Waals surface area contributed by atoms with Crippen molar-refractivity contribution in [1.82, 2.24) is 0 Å². The van der Waals surface area contributed by atoms with E-state index in [4.69, 9.17) is 0 Å². The fraction of sp³-hybridized carbons (Fsp3) is 0.667. The third-order valence-electron chi connectivity index (χ3n) is 1.81. The lowest BCUT2D eigenvalue weighted by molar-refractivity contribution is -0.106. The highest BCUT2D eigenvalue weighted by Crippen LogP contribution is 2.25. The Bertz CT molecular complexity index is 163. The first kappa shape index (κ1) is 8.85. The van der Waals surface area contributed by atoms with Gasteiger partial charge in [0.05, 0.1) is 0 Å². The first-order valence-electron chi connectivity index (χ1n) is 4.21. The van der Waals surface area contributed by atoms with Gasteiger partial charge in [0.25, 0.3) is 0 Å². The van der Waals surface area contributed by atoms with Gasteiger partial charge in [0.2, 0.25) is 5.12 Å². The van der Waals surface area contributed by atoms with Crippen LogP contribution >= 0.6 is 11.8 Å². The summed E-state index contributed by atoms with van der Waals surface area (Å²) in [5.41, 5.74) is 0. The Kier molecular flexibility index (Phi) is 3.70. The SMILES string of the molecule is CCCCCC1C=CC(=O)S1. The van der Waals surface area contributed by atoms with E-state index in [9.17, 15) is 4.79 Å². The summed E-state index contributed by atoms with van der Waals surface area (Å²) in [5.74, 6) is 0. The largest absolute Gasteiger partial charge is 0.282 e. The van der Waals surface area contributed by atoms with E-state index in [1.165, 1.54) is 37.4 Å². The molecule has 0 saturated heterocycles. The maximum atomic E-state index is 10.8. The zero-order valence-electron chi connectivity index (χ0n) is 6.88.